The van der Waals surface area contributed by atoms with Crippen LogP contribution in [0.3, 0.4) is 0 Å². The van der Waals surface area contributed by atoms with Gasteiger partial charge in [-0.25, -0.2) is 4.98 Å². The first-order valence-electron chi connectivity index (χ1n) is 8.73. The zero-order valence-corrected chi connectivity index (χ0v) is 16.5. The lowest BCUT2D eigenvalue weighted by Gasteiger charge is -2.11. The summed E-state index contributed by atoms with van der Waals surface area (Å²) in [7, 11) is 0. The Hall–Kier alpha value is -3.25. The Balaban J connectivity index is 1.71. The van der Waals surface area contributed by atoms with Gasteiger partial charge in [-0.3, -0.25) is 9.97 Å². The number of nitrogens with zero attached hydrogens (tertiary/aromatic N) is 3. The fourth-order valence-corrected chi connectivity index (χ4v) is 3.23. The van der Waals surface area contributed by atoms with Crippen molar-refractivity contribution in [3.05, 3.63) is 89.3 Å². The first-order valence-corrected chi connectivity index (χ1v) is 9.53. The number of anilines is 1. The minimum Gasteiger partial charge on any atom is -0.508 e. The van der Waals surface area contributed by atoms with Crippen LogP contribution in [0.1, 0.15) is 5.56 Å². The third-order valence-electron chi connectivity index (χ3n) is 4.18. The molecule has 28 heavy (non-hydrogen) atoms. The van der Waals surface area contributed by atoms with Crippen molar-refractivity contribution in [3.63, 3.8) is 0 Å². The molecule has 2 N–H and O–H groups in total. The van der Waals surface area contributed by atoms with Crippen LogP contribution in [0.4, 0.5) is 5.82 Å². The lowest BCUT2D eigenvalue weighted by Crippen LogP contribution is -2.03. The van der Waals surface area contributed by atoms with Crippen LogP contribution in [0, 0.1) is 0 Å². The van der Waals surface area contributed by atoms with Gasteiger partial charge in [-0.2, -0.15) is 0 Å². The van der Waals surface area contributed by atoms with Crippen LogP contribution in [0.2, 0.25) is 0 Å². The quantitative estimate of drug-likeness (QED) is 0.448. The Morgan fingerprint density at radius 3 is 2.61 bits per heavy atom. The van der Waals surface area contributed by atoms with Gasteiger partial charge < -0.3 is 10.4 Å². The molecule has 0 bridgehead atoms. The molecule has 0 saturated carbocycles. The second-order valence-corrected chi connectivity index (χ2v) is 7.17. The fourth-order valence-electron chi connectivity index (χ4n) is 2.86. The van der Waals surface area contributed by atoms with Crippen LogP contribution >= 0.6 is 15.9 Å². The van der Waals surface area contributed by atoms with E-state index in [-0.39, 0.29) is 5.75 Å². The summed E-state index contributed by atoms with van der Waals surface area (Å²) >= 11 is 3.48. The van der Waals surface area contributed by atoms with E-state index in [1.165, 1.54) is 0 Å². The van der Waals surface area contributed by atoms with Crippen LogP contribution in [-0.4, -0.2) is 20.1 Å². The summed E-state index contributed by atoms with van der Waals surface area (Å²) in [4.78, 5) is 13.4. The SMILES string of the molecule is Oc1cccc(CNc2cc(-c3cncc(Br)c3)cc(-c3ccccn3)n2)c1. The minimum atomic E-state index is 0.246. The average Bonchev–Trinajstić information content (AvgIpc) is 2.73. The Bertz CT molecular complexity index is 1100. The molecule has 0 unspecified atom stereocenters. The number of phenols is 1. The van der Waals surface area contributed by atoms with E-state index in [1.54, 1.807) is 24.5 Å². The van der Waals surface area contributed by atoms with E-state index in [2.05, 4.69) is 31.2 Å². The number of hydrogen-bond acceptors (Lipinski definition) is 5. The highest BCUT2D eigenvalue weighted by molar-refractivity contribution is 9.10. The Morgan fingerprint density at radius 2 is 1.82 bits per heavy atom. The molecule has 0 fully saturated rings. The van der Waals surface area contributed by atoms with Gasteiger partial charge in [-0.1, -0.05) is 18.2 Å². The molecular weight excluding hydrogens is 416 g/mol. The number of rotatable bonds is 5. The maximum absolute atomic E-state index is 9.66. The lowest BCUT2D eigenvalue weighted by molar-refractivity contribution is 0.474. The largest absolute Gasteiger partial charge is 0.508 e. The number of hydrogen-bond donors (Lipinski definition) is 2. The van der Waals surface area contributed by atoms with Crippen LogP contribution in [0.25, 0.3) is 22.5 Å². The van der Waals surface area contributed by atoms with Crippen LogP contribution in [0.15, 0.2) is 83.7 Å². The zero-order chi connectivity index (χ0) is 19.3. The van der Waals surface area contributed by atoms with Crippen molar-refractivity contribution in [1.29, 1.82) is 0 Å². The third-order valence-corrected chi connectivity index (χ3v) is 4.61. The molecule has 3 heterocycles. The molecule has 0 aliphatic heterocycles. The summed E-state index contributed by atoms with van der Waals surface area (Å²) in [6.45, 7) is 0.545. The second kappa shape index (κ2) is 8.19. The van der Waals surface area contributed by atoms with Crippen molar-refractivity contribution in [2.75, 3.05) is 5.32 Å². The first-order chi connectivity index (χ1) is 13.7. The van der Waals surface area contributed by atoms with Gasteiger partial charge in [0.2, 0.25) is 0 Å². The van der Waals surface area contributed by atoms with Gasteiger partial charge in [0, 0.05) is 35.2 Å². The van der Waals surface area contributed by atoms with Gasteiger partial charge in [-0.15, -0.1) is 0 Å². The Kier molecular flexibility index (Phi) is 5.30. The molecule has 0 amide bonds. The Labute approximate surface area is 171 Å². The van der Waals surface area contributed by atoms with Gasteiger partial charge in [0.25, 0.3) is 0 Å². The molecule has 0 aliphatic rings. The summed E-state index contributed by atoms with van der Waals surface area (Å²) in [5.41, 5.74) is 4.51. The molecule has 4 rings (SSSR count). The number of nitrogens with one attached hydrogen (secondary N) is 1. The molecule has 6 heteroatoms. The normalized spacial score (nSPS) is 10.6. The number of pyridine rings is 3. The highest BCUT2D eigenvalue weighted by atomic mass is 79.9. The summed E-state index contributed by atoms with van der Waals surface area (Å²) < 4.78 is 0.912. The highest BCUT2D eigenvalue weighted by Crippen LogP contribution is 2.28. The number of phenolic OH excluding ortho intramolecular Hbond substituents is 1. The number of aromatic nitrogens is 3. The molecule has 4 aromatic rings. The molecule has 0 radical (unpaired) electrons. The molecule has 0 saturated heterocycles. The molecule has 0 aliphatic carbocycles. The Morgan fingerprint density at radius 1 is 0.893 bits per heavy atom. The maximum Gasteiger partial charge on any atom is 0.127 e. The standard InChI is InChI=1S/C22H17BrN4O/c23-18-9-17(13-24-14-18)16-10-21(20-6-1-2-7-25-20)27-22(11-16)26-12-15-4-3-5-19(28)8-15/h1-11,13-14,28H,12H2,(H,26,27). The summed E-state index contributed by atoms with van der Waals surface area (Å²) in [5.74, 6) is 0.969. The minimum absolute atomic E-state index is 0.246. The van der Waals surface area contributed by atoms with Gasteiger partial charge >= 0.3 is 0 Å². The fraction of sp³-hybridized carbons (Fsp3) is 0.0455. The van der Waals surface area contributed by atoms with E-state index in [1.807, 2.05) is 54.7 Å². The topological polar surface area (TPSA) is 70.9 Å². The van der Waals surface area contributed by atoms with E-state index >= 15 is 0 Å². The summed E-state index contributed by atoms with van der Waals surface area (Å²) in [5, 5.41) is 13.0. The molecule has 0 spiro atoms. The van der Waals surface area contributed by atoms with E-state index in [0.29, 0.717) is 6.54 Å². The number of halogens is 1. The van der Waals surface area contributed by atoms with E-state index in [4.69, 9.17) is 4.98 Å². The predicted octanol–water partition coefficient (Wildman–Crippen LogP) is 5.29. The van der Waals surface area contributed by atoms with Gasteiger partial charge in [-0.05, 0) is 69.5 Å². The van der Waals surface area contributed by atoms with E-state index in [9.17, 15) is 5.11 Å². The van der Waals surface area contributed by atoms with Gasteiger partial charge in [0.05, 0.1) is 11.4 Å². The average molecular weight is 433 g/mol. The molecule has 0 atom stereocenters. The predicted molar refractivity (Wildman–Crippen MR) is 114 cm³/mol. The van der Waals surface area contributed by atoms with E-state index in [0.717, 1.165) is 38.4 Å². The van der Waals surface area contributed by atoms with Crippen molar-refractivity contribution in [1.82, 2.24) is 15.0 Å². The lowest BCUT2D eigenvalue weighted by atomic mass is 10.1. The zero-order valence-electron chi connectivity index (χ0n) is 14.9. The van der Waals surface area contributed by atoms with E-state index < -0.39 is 0 Å². The second-order valence-electron chi connectivity index (χ2n) is 6.26. The summed E-state index contributed by atoms with van der Waals surface area (Å²) in [6.07, 6.45) is 5.33. The molecule has 3 aromatic heterocycles. The van der Waals surface area contributed by atoms with Crippen molar-refractivity contribution in [2.45, 2.75) is 6.54 Å². The van der Waals surface area contributed by atoms with Crippen molar-refractivity contribution < 1.29 is 5.11 Å². The number of benzene rings is 1. The first kappa shape index (κ1) is 18.1. The third kappa shape index (κ3) is 4.35. The molecular formula is C22H17BrN4O. The molecule has 5 nitrogen and oxygen atoms in total. The van der Waals surface area contributed by atoms with Crippen LogP contribution in [0.5, 0.6) is 5.75 Å². The van der Waals surface area contributed by atoms with Crippen molar-refractivity contribution in [3.8, 4) is 28.3 Å². The van der Waals surface area contributed by atoms with Crippen molar-refractivity contribution >= 4 is 21.7 Å². The molecule has 138 valence electrons. The smallest absolute Gasteiger partial charge is 0.127 e. The van der Waals surface area contributed by atoms with Crippen molar-refractivity contribution in [2.24, 2.45) is 0 Å². The van der Waals surface area contributed by atoms with Crippen LogP contribution < -0.4 is 5.32 Å². The number of aromatic hydroxyl groups is 1. The monoisotopic (exact) mass is 432 g/mol. The summed E-state index contributed by atoms with van der Waals surface area (Å²) in [6, 6.07) is 18.9. The highest BCUT2D eigenvalue weighted by Gasteiger charge is 2.09. The molecule has 1 aromatic carbocycles. The van der Waals surface area contributed by atoms with Crippen LogP contribution in [-0.2, 0) is 6.54 Å². The van der Waals surface area contributed by atoms with Gasteiger partial charge in [0.15, 0.2) is 0 Å². The van der Waals surface area contributed by atoms with Gasteiger partial charge in [0.1, 0.15) is 11.6 Å². The maximum atomic E-state index is 9.66.